The third-order valence-corrected chi connectivity index (χ3v) is 5.72. The summed E-state index contributed by atoms with van der Waals surface area (Å²) in [6.07, 6.45) is 1.62. The third kappa shape index (κ3) is 4.09. The number of alkyl halides is 2. The maximum atomic E-state index is 13.2. The van der Waals surface area contributed by atoms with Crippen LogP contribution >= 0.6 is 11.6 Å². The minimum Gasteiger partial charge on any atom is -0.321 e. The molecule has 0 radical (unpaired) electrons. The second kappa shape index (κ2) is 8.34. The van der Waals surface area contributed by atoms with Gasteiger partial charge in [0.1, 0.15) is 17.9 Å². The van der Waals surface area contributed by atoms with Crippen molar-refractivity contribution in [2.24, 2.45) is 14.1 Å². The van der Waals surface area contributed by atoms with Gasteiger partial charge in [0.25, 0.3) is 12.3 Å². The van der Waals surface area contributed by atoms with Gasteiger partial charge in [0.15, 0.2) is 0 Å². The molecule has 13 heteroatoms. The number of hydrogen-bond acceptors (Lipinski definition) is 5. The zero-order valence-electron chi connectivity index (χ0n) is 17.6. The van der Waals surface area contributed by atoms with Crippen LogP contribution in [0.25, 0.3) is 0 Å². The van der Waals surface area contributed by atoms with Gasteiger partial charge in [-0.1, -0.05) is 11.6 Å². The first-order valence-electron chi connectivity index (χ1n) is 9.83. The van der Waals surface area contributed by atoms with E-state index in [9.17, 15) is 18.4 Å². The molecule has 170 valence electrons. The number of nitrogens with one attached hydrogen (secondary N) is 2. The molecule has 1 fully saturated rings. The molecule has 0 atom stereocenters. The molecule has 0 unspecified atom stereocenters. The van der Waals surface area contributed by atoms with Crippen molar-refractivity contribution in [2.75, 3.05) is 10.6 Å². The Morgan fingerprint density at radius 2 is 1.81 bits per heavy atom. The van der Waals surface area contributed by atoms with E-state index in [4.69, 9.17) is 11.6 Å². The van der Waals surface area contributed by atoms with Gasteiger partial charge in [-0.15, -0.1) is 0 Å². The number of aromatic nitrogens is 6. The molecule has 10 nitrogen and oxygen atoms in total. The Hall–Kier alpha value is -3.28. The monoisotopic (exact) mass is 466 g/mol. The van der Waals surface area contributed by atoms with Crippen LogP contribution in [-0.4, -0.2) is 41.2 Å². The Balaban J connectivity index is 1.52. The average molecular weight is 467 g/mol. The fraction of sp³-hybridized carbons (Fsp3) is 0.421. The Labute approximate surface area is 186 Å². The van der Waals surface area contributed by atoms with E-state index in [-0.39, 0.29) is 28.9 Å². The number of aryl methyl sites for hydroxylation is 2. The molecular weight excluding hydrogens is 446 g/mol. The molecule has 3 aromatic heterocycles. The molecule has 32 heavy (non-hydrogen) atoms. The molecule has 0 bridgehead atoms. The van der Waals surface area contributed by atoms with Crippen molar-refractivity contribution in [1.29, 1.82) is 0 Å². The zero-order valence-corrected chi connectivity index (χ0v) is 18.3. The summed E-state index contributed by atoms with van der Waals surface area (Å²) in [5.74, 6) is -1.03. The summed E-state index contributed by atoms with van der Waals surface area (Å²) >= 11 is 6.10. The molecule has 0 spiro atoms. The van der Waals surface area contributed by atoms with Gasteiger partial charge in [-0.05, 0) is 19.8 Å². The van der Waals surface area contributed by atoms with Gasteiger partial charge in [0.05, 0.1) is 40.2 Å². The highest BCUT2D eigenvalue weighted by atomic mass is 35.5. The highest BCUT2D eigenvalue weighted by Crippen LogP contribution is 2.45. The van der Waals surface area contributed by atoms with Crippen LogP contribution in [-0.2, 0) is 25.4 Å². The number of carbonyl (C=O) groups is 2. The van der Waals surface area contributed by atoms with E-state index in [1.807, 2.05) is 0 Å². The first-order valence-corrected chi connectivity index (χ1v) is 10.2. The van der Waals surface area contributed by atoms with Crippen molar-refractivity contribution < 1.29 is 18.4 Å². The molecule has 0 aliphatic heterocycles. The van der Waals surface area contributed by atoms with Crippen LogP contribution in [0.3, 0.4) is 0 Å². The quantitative estimate of drug-likeness (QED) is 0.556. The van der Waals surface area contributed by atoms with Gasteiger partial charge in [0.2, 0.25) is 5.91 Å². The molecule has 1 aliphatic rings. The Morgan fingerprint density at radius 1 is 1.16 bits per heavy atom. The lowest BCUT2D eigenvalue weighted by atomic mass is 10.2. The van der Waals surface area contributed by atoms with Gasteiger partial charge >= 0.3 is 0 Å². The molecule has 1 saturated carbocycles. The summed E-state index contributed by atoms with van der Waals surface area (Å²) in [5, 5.41) is 17.2. The fourth-order valence-electron chi connectivity index (χ4n) is 3.41. The Kier molecular flexibility index (Phi) is 5.71. The standard InChI is InChI=1S/C19H21ClF2N8O2/c1-9-11(6-23-28(9)2)26-19(32)17-12(7-24-29(17)3)25-13(31)8-30-16(10-4-5-10)14(20)15(27-30)18(21)22/h6-7,10,18H,4-5,8H2,1-3H3,(H,25,31)(H,26,32). The van der Waals surface area contributed by atoms with Crippen LogP contribution in [0, 0.1) is 6.92 Å². The van der Waals surface area contributed by atoms with Gasteiger partial charge < -0.3 is 10.6 Å². The second-order valence-electron chi connectivity index (χ2n) is 7.62. The number of anilines is 2. The second-order valence-corrected chi connectivity index (χ2v) is 8.00. The topological polar surface area (TPSA) is 112 Å². The molecule has 4 rings (SSSR count). The van der Waals surface area contributed by atoms with Crippen molar-refractivity contribution in [2.45, 2.75) is 38.7 Å². The predicted octanol–water partition coefficient (Wildman–Crippen LogP) is 3.02. The number of carbonyl (C=O) groups excluding carboxylic acids is 2. The summed E-state index contributed by atoms with van der Waals surface area (Å²) in [6, 6.07) is 0. The molecule has 2 amide bonds. The minimum absolute atomic E-state index is 0.0118. The van der Waals surface area contributed by atoms with E-state index in [2.05, 4.69) is 25.9 Å². The summed E-state index contributed by atoms with van der Waals surface area (Å²) < 4.78 is 30.6. The molecule has 1 aliphatic carbocycles. The van der Waals surface area contributed by atoms with Gasteiger partial charge in [-0.2, -0.15) is 15.3 Å². The fourth-order valence-corrected chi connectivity index (χ4v) is 3.78. The van der Waals surface area contributed by atoms with Gasteiger partial charge in [-0.3, -0.25) is 23.6 Å². The summed E-state index contributed by atoms with van der Waals surface area (Å²) in [4.78, 5) is 25.5. The van der Waals surface area contributed by atoms with Gasteiger partial charge in [-0.25, -0.2) is 8.78 Å². The SMILES string of the molecule is Cc1c(NC(=O)c2c(NC(=O)Cn3nc(C(F)F)c(Cl)c3C3CC3)cnn2C)cnn1C. The smallest absolute Gasteiger partial charge is 0.283 e. The lowest BCUT2D eigenvalue weighted by molar-refractivity contribution is -0.117. The van der Waals surface area contributed by atoms with Crippen LogP contribution in [0.15, 0.2) is 12.4 Å². The first kappa shape index (κ1) is 21.9. The van der Waals surface area contributed by atoms with Crippen LogP contribution < -0.4 is 10.6 Å². The van der Waals surface area contributed by atoms with Crippen LogP contribution in [0.4, 0.5) is 20.2 Å². The molecule has 0 saturated heterocycles. The summed E-state index contributed by atoms with van der Waals surface area (Å²) in [5.41, 5.74) is 1.48. The summed E-state index contributed by atoms with van der Waals surface area (Å²) in [6.45, 7) is 1.48. The highest BCUT2D eigenvalue weighted by Gasteiger charge is 2.34. The lowest BCUT2D eigenvalue weighted by Gasteiger charge is -2.10. The maximum Gasteiger partial charge on any atom is 0.283 e. The van der Waals surface area contributed by atoms with Crippen molar-refractivity contribution >= 4 is 34.8 Å². The van der Waals surface area contributed by atoms with Crippen molar-refractivity contribution in [3.05, 3.63) is 40.2 Å². The number of amides is 2. The summed E-state index contributed by atoms with van der Waals surface area (Å²) in [7, 11) is 3.31. The number of rotatable bonds is 7. The molecular formula is C19H21ClF2N8O2. The molecule has 0 aromatic carbocycles. The van der Waals surface area contributed by atoms with Gasteiger partial charge in [0, 0.05) is 20.0 Å². The van der Waals surface area contributed by atoms with Crippen molar-refractivity contribution in [3.63, 3.8) is 0 Å². The number of nitrogens with zero attached hydrogens (tertiary/aromatic N) is 6. The number of halogens is 3. The lowest BCUT2D eigenvalue weighted by Crippen LogP contribution is -2.23. The van der Waals surface area contributed by atoms with E-state index in [0.717, 1.165) is 18.5 Å². The highest BCUT2D eigenvalue weighted by molar-refractivity contribution is 6.32. The molecule has 2 N–H and O–H groups in total. The Bertz CT molecular complexity index is 1190. The minimum atomic E-state index is -2.84. The first-order chi connectivity index (χ1) is 15.2. The van der Waals surface area contributed by atoms with E-state index in [0.29, 0.717) is 11.4 Å². The Morgan fingerprint density at radius 3 is 2.41 bits per heavy atom. The van der Waals surface area contributed by atoms with E-state index >= 15 is 0 Å². The molecule has 3 aromatic rings. The van der Waals surface area contributed by atoms with E-state index in [1.165, 1.54) is 21.8 Å². The van der Waals surface area contributed by atoms with Crippen molar-refractivity contribution in [3.8, 4) is 0 Å². The van der Waals surface area contributed by atoms with Crippen LogP contribution in [0.2, 0.25) is 5.02 Å². The average Bonchev–Trinajstić information content (AvgIpc) is 3.32. The zero-order chi connectivity index (χ0) is 23.2. The van der Waals surface area contributed by atoms with E-state index < -0.39 is 23.9 Å². The third-order valence-electron chi connectivity index (χ3n) is 5.33. The maximum absolute atomic E-state index is 13.2. The predicted molar refractivity (Wildman–Crippen MR) is 112 cm³/mol. The molecule has 3 heterocycles. The van der Waals surface area contributed by atoms with Crippen LogP contribution in [0.5, 0.6) is 0 Å². The largest absolute Gasteiger partial charge is 0.321 e. The number of hydrogen-bond donors (Lipinski definition) is 2. The van der Waals surface area contributed by atoms with Crippen LogP contribution in [0.1, 0.15) is 52.8 Å². The van der Waals surface area contributed by atoms with Crippen molar-refractivity contribution in [1.82, 2.24) is 29.3 Å². The normalized spacial score (nSPS) is 13.6. The van der Waals surface area contributed by atoms with E-state index in [1.54, 1.807) is 25.7 Å².